The molecular weight excluding hydrogens is 358 g/mol. The van der Waals surface area contributed by atoms with E-state index < -0.39 is 0 Å². The zero-order valence-corrected chi connectivity index (χ0v) is 16.9. The number of carbonyl (C=O) groups excluding carboxylic acids is 1. The van der Waals surface area contributed by atoms with E-state index in [1.807, 2.05) is 18.5 Å². The van der Waals surface area contributed by atoms with Crippen molar-refractivity contribution in [2.75, 3.05) is 11.9 Å². The Kier molecular flexibility index (Phi) is 6.01. The van der Waals surface area contributed by atoms with E-state index >= 15 is 0 Å². The number of benzene rings is 2. The van der Waals surface area contributed by atoms with Gasteiger partial charge >= 0.3 is 0 Å². The Morgan fingerprint density at radius 1 is 1.00 bits per heavy atom. The summed E-state index contributed by atoms with van der Waals surface area (Å²) in [6.07, 6.45) is 5.99. The van der Waals surface area contributed by atoms with Gasteiger partial charge in [-0.3, -0.25) is 14.7 Å². The predicted octanol–water partition coefficient (Wildman–Crippen LogP) is 4.52. The zero-order chi connectivity index (χ0) is 20.1. The molecule has 1 aliphatic heterocycles. The lowest BCUT2D eigenvalue weighted by Gasteiger charge is -2.29. The predicted molar refractivity (Wildman–Crippen MR) is 117 cm³/mol. The summed E-state index contributed by atoms with van der Waals surface area (Å²) in [5.41, 5.74) is 7.30. The Morgan fingerprint density at radius 3 is 2.59 bits per heavy atom. The minimum absolute atomic E-state index is 0.0648. The largest absolute Gasteiger partial charge is 0.326 e. The molecule has 4 heteroatoms. The van der Waals surface area contributed by atoms with Crippen molar-refractivity contribution in [1.29, 1.82) is 0 Å². The van der Waals surface area contributed by atoms with Gasteiger partial charge in [-0.25, -0.2) is 0 Å². The summed E-state index contributed by atoms with van der Waals surface area (Å²) in [6.45, 7) is 4.96. The first-order chi connectivity index (χ1) is 14.2. The molecule has 4 nitrogen and oxygen atoms in total. The van der Waals surface area contributed by atoms with Gasteiger partial charge in [-0.05, 0) is 66.3 Å². The number of aryl methyl sites for hydroxylation is 2. The lowest BCUT2D eigenvalue weighted by molar-refractivity contribution is -0.116. The SMILES string of the molecule is Cc1ccc(CCC(=O)Nc2ccc3c(c2)CN(Cc2ccncc2)CC3)cc1. The number of pyridine rings is 1. The molecule has 1 amide bonds. The number of aromatic nitrogens is 1. The molecule has 1 N–H and O–H groups in total. The van der Waals surface area contributed by atoms with Gasteiger partial charge in [-0.2, -0.15) is 0 Å². The topological polar surface area (TPSA) is 45.2 Å². The Labute approximate surface area is 172 Å². The number of hydrogen-bond acceptors (Lipinski definition) is 3. The molecule has 1 aromatic heterocycles. The first kappa shape index (κ1) is 19.3. The maximum Gasteiger partial charge on any atom is 0.224 e. The van der Waals surface area contributed by atoms with Crippen molar-refractivity contribution in [2.24, 2.45) is 0 Å². The molecule has 29 heavy (non-hydrogen) atoms. The van der Waals surface area contributed by atoms with Crippen molar-refractivity contribution in [3.05, 3.63) is 94.8 Å². The van der Waals surface area contributed by atoms with Crippen LogP contribution in [-0.2, 0) is 30.7 Å². The Hall–Kier alpha value is -2.98. The van der Waals surface area contributed by atoms with Crippen molar-refractivity contribution in [2.45, 2.75) is 39.3 Å². The smallest absolute Gasteiger partial charge is 0.224 e. The van der Waals surface area contributed by atoms with Crippen molar-refractivity contribution in [3.8, 4) is 0 Å². The summed E-state index contributed by atoms with van der Waals surface area (Å²) in [4.78, 5) is 18.9. The highest BCUT2D eigenvalue weighted by molar-refractivity contribution is 5.91. The van der Waals surface area contributed by atoms with E-state index in [0.717, 1.165) is 38.2 Å². The minimum atomic E-state index is 0.0648. The number of carbonyl (C=O) groups is 1. The van der Waals surface area contributed by atoms with Gasteiger partial charge in [-0.15, -0.1) is 0 Å². The molecule has 0 saturated carbocycles. The molecule has 0 radical (unpaired) electrons. The van der Waals surface area contributed by atoms with Crippen molar-refractivity contribution >= 4 is 11.6 Å². The third-order valence-electron chi connectivity index (χ3n) is 5.50. The number of fused-ring (bicyclic) bond motifs is 1. The van der Waals surface area contributed by atoms with E-state index in [-0.39, 0.29) is 5.91 Å². The number of rotatable bonds is 6. The van der Waals surface area contributed by atoms with Crippen LogP contribution in [0.2, 0.25) is 0 Å². The van der Waals surface area contributed by atoms with E-state index in [9.17, 15) is 4.79 Å². The van der Waals surface area contributed by atoms with Gasteiger partial charge in [-0.1, -0.05) is 35.9 Å². The van der Waals surface area contributed by atoms with Gasteiger partial charge in [0.05, 0.1) is 0 Å². The van der Waals surface area contributed by atoms with Gasteiger partial charge in [0.15, 0.2) is 0 Å². The number of nitrogens with zero attached hydrogens (tertiary/aromatic N) is 2. The maximum atomic E-state index is 12.4. The van der Waals surface area contributed by atoms with Crippen LogP contribution in [0.5, 0.6) is 0 Å². The van der Waals surface area contributed by atoms with E-state index in [1.54, 1.807) is 0 Å². The molecule has 3 aromatic rings. The molecule has 0 bridgehead atoms. The fraction of sp³-hybridized carbons (Fsp3) is 0.280. The second-order valence-corrected chi connectivity index (χ2v) is 7.83. The molecule has 4 rings (SSSR count). The number of amides is 1. The van der Waals surface area contributed by atoms with Crippen LogP contribution in [0.3, 0.4) is 0 Å². The van der Waals surface area contributed by atoms with Crippen LogP contribution in [0.1, 0.15) is 34.2 Å². The van der Waals surface area contributed by atoms with Crippen molar-refractivity contribution in [1.82, 2.24) is 9.88 Å². The summed E-state index contributed by atoms with van der Waals surface area (Å²) < 4.78 is 0. The van der Waals surface area contributed by atoms with Crippen LogP contribution in [0.4, 0.5) is 5.69 Å². The maximum absolute atomic E-state index is 12.4. The van der Waals surface area contributed by atoms with Gasteiger partial charge in [0.25, 0.3) is 0 Å². The van der Waals surface area contributed by atoms with Crippen molar-refractivity contribution in [3.63, 3.8) is 0 Å². The van der Waals surface area contributed by atoms with Gasteiger partial charge in [0.2, 0.25) is 5.91 Å². The monoisotopic (exact) mass is 385 g/mol. The van der Waals surface area contributed by atoms with Crippen LogP contribution >= 0.6 is 0 Å². The Balaban J connectivity index is 1.34. The quantitative estimate of drug-likeness (QED) is 0.679. The summed E-state index contributed by atoms with van der Waals surface area (Å²) in [5, 5.41) is 3.07. The third-order valence-corrected chi connectivity index (χ3v) is 5.50. The highest BCUT2D eigenvalue weighted by atomic mass is 16.1. The van der Waals surface area contributed by atoms with Gasteiger partial charge < -0.3 is 5.32 Å². The number of hydrogen-bond donors (Lipinski definition) is 1. The molecule has 0 fully saturated rings. The zero-order valence-electron chi connectivity index (χ0n) is 16.9. The molecule has 0 atom stereocenters. The lowest BCUT2D eigenvalue weighted by Crippen LogP contribution is -2.30. The molecule has 0 spiro atoms. The average Bonchev–Trinajstić information content (AvgIpc) is 2.74. The fourth-order valence-corrected chi connectivity index (χ4v) is 3.81. The molecule has 0 saturated heterocycles. The second-order valence-electron chi connectivity index (χ2n) is 7.83. The van der Waals surface area contributed by atoms with E-state index in [1.165, 1.54) is 27.8 Å². The number of nitrogens with one attached hydrogen (secondary N) is 1. The fourth-order valence-electron chi connectivity index (χ4n) is 3.81. The molecule has 1 aliphatic rings. The molecule has 2 heterocycles. The van der Waals surface area contributed by atoms with Crippen LogP contribution < -0.4 is 5.32 Å². The molecule has 2 aromatic carbocycles. The highest BCUT2D eigenvalue weighted by Gasteiger charge is 2.17. The first-order valence-electron chi connectivity index (χ1n) is 10.2. The summed E-state index contributed by atoms with van der Waals surface area (Å²) in [5.74, 6) is 0.0648. The van der Waals surface area contributed by atoms with Gasteiger partial charge in [0.1, 0.15) is 0 Å². The van der Waals surface area contributed by atoms with Crippen LogP contribution in [-0.4, -0.2) is 22.3 Å². The second kappa shape index (κ2) is 9.01. The standard InChI is InChI=1S/C25H27N3O/c1-19-2-4-20(5-3-19)6-9-25(29)27-24-8-7-22-12-15-28(18-23(22)16-24)17-21-10-13-26-14-11-21/h2-5,7-8,10-11,13-14,16H,6,9,12,15,17-18H2,1H3,(H,27,29). The van der Waals surface area contributed by atoms with E-state index in [0.29, 0.717) is 6.42 Å². The summed E-state index contributed by atoms with van der Waals surface area (Å²) in [7, 11) is 0. The number of anilines is 1. The summed E-state index contributed by atoms with van der Waals surface area (Å²) in [6, 6.07) is 18.8. The first-order valence-corrected chi connectivity index (χ1v) is 10.2. The normalized spacial score (nSPS) is 13.7. The van der Waals surface area contributed by atoms with Crippen LogP contribution in [0.25, 0.3) is 0 Å². The van der Waals surface area contributed by atoms with Crippen molar-refractivity contribution < 1.29 is 4.79 Å². The highest BCUT2D eigenvalue weighted by Crippen LogP contribution is 2.24. The minimum Gasteiger partial charge on any atom is -0.326 e. The lowest BCUT2D eigenvalue weighted by atomic mass is 9.98. The van der Waals surface area contributed by atoms with Crippen LogP contribution in [0, 0.1) is 6.92 Å². The third kappa shape index (κ3) is 5.30. The van der Waals surface area contributed by atoms with Gasteiger partial charge in [0, 0.05) is 44.1 Å². The molecule has 148 valence electrons. The average molecular weight is 386 g/mol. The van der Waals surface area contributed by atoms with Crippen LogP contribution in [0.15, 0.2) is 67.0 Å². The Morgan fingerprint density at radius 2 is 1.79 bits per heavy atom. The van der Waals surface area contributed by atoms with E-state index in [4.69, 9.17) is 0 Å². The van der Waals surface area contributed by atoms with E-state index in [2.05, 4.69) is 70.7 Å². The molecule has 0 aliphatic carbocycles. The molecular formula is C25H27N3O. The summed E-state index contributed by atoms with van der Waals surface area (Å²) >= 11 is 0. The molecule has 0 unspecified atom stereocenters. The Bertz CT molecular complexity index is 967.